The van der Waals surface area contributed by atoms with E-state index < -0.39 is 0 Å². The third-order valence-electron chi connectivity index (χ3n) is 3.93. The van der Waals surface area contributed by atoms with Crippen molar-refractivity contribution in [2.45, 2.75) is 6.92 Å². The summed E-state index contributed by atoms with van der Waals surface area (Å²) in [7, 11) is 0. The molecule has 0 amide bonds. The molecular formula is C19H13ClN2O2. The first-order valence-corrected chi connectivity index (χ1v) is 7.84. The molecule has 1 N–H and O–H groups in total. The van der Waals surface area contributed by atoms with Crippen molar-refractivity contribution in [3.8, 4) is 22.4 Å². The third-order valence-corrected chi connectivity index (χ3v) is 4.18. The summed E-state index contributed by atoms with van der Waals surface area (Å²) in [6.07, 6.45) is 1.42. The van der Waals surface area contributed by atoms with E-state index in [0.29, 0.717) is 21.7 Å². The van der Waals surface area contributed by atoms with E-state index in [4.69, 9.17) is 16.1 Å². The molecule has 4 aromatic rings. The van der Waals surface area contributed by atoms with Gasteiger partial charge in [0, 0.05) is 11.1 Å². The summed E-state index contributed by atoms with van der Waals surface area (Å²) in [6, 6.07) is 15.6. The Morgan fingerprint density at radius 3 is 2.54 bits per heavy atom. The van der Waals surface area contributed by atoms with E-state index in [9.17, 15) is 4.79 Å². The lowest BCUT2D eigenvalue weighted by Crippen LogP contribution is -2.05. The van der Waals surface area contributed by atoms with E-state index in [1.165, 1.54) is 6.20 Å². The highest BCUT2D eigenvalue weighted by Crippen LogP contribution is 2.28. The number of aryl methyl sites for hydroxylation is 1. The van der Waals surface area contributed by atoms with Crippen molar-refractivity contribution < 1.29 is 4.52 Å². The Kier molecular flexibility index (Phi) is 3.47. The van der Waals surface area contributed by atoms with Crippen molar-refractivity contribution in [1.82, 2.24) is 10.1 Å². The van der Waals surface area contributed by atoms with Crippen LogP contribution in [0.3, 0.4) is 0 Å². The maximum Gasteiger partial charge on any atom is 0.261 e. The standard InChI is InChI=1S/C19H13ClN2O2/c1-11-6-13(12-2-4-15(20)5-3-12)8-14(7-11)17-9-18-16(10-21-24-18)19(23)22-17/h2-10H,1H3,(H,22,23). The van der Waals surface area contributed by atoms with Gasteiger partial charge in [0.1, 0.15) is 5.39 Å². The Hall–Kier alpha value is -2.85. The Morgan fingerprint density at radius 1 is 1.00 bits per heavy atom. The molecule has 0 saturated heterocycles. The van der Waals surface area contributed by atoms with Gasteiger partial charge in [-0.2, -0.15) is 0 Å². The summed E-state index contributed by atoms with van der Waals surface area (Å²) >= 11 is 5.96. The fourth-order valence-corrected chi connectivity index (χ4v) is 2.91. The van der Waals surface area contributed by atoms with Gasteiger partial charge in [0.05, 0.1) is 11.9 Å². The summed E-state index contributed by atoms with van der Waals surface area (Å²) < 4.78 is 5.13. The monoisotopic (exact) mass is 336 g/mol. The van der Waals surface area contributed by atoms with Gasteiger partial charge in [-0.15, -0.1) is 0 Å². The van der Waals surface area contributed by atoms with Crippen LogP contribution in [0.15, 0.2) is 64.0 Å². The van der Waals surface area contributed by atoms with Crippen LogP contribution in [-0.2, 0) is 0 Å². The van der Waals surface area contributed by atoms with Gasteiger partial charge in [-0.05, 0) is 53.4 Å². The van der Waals surface area contributed by atoms with E-state index in [1.807, 2.05) is 43.3 Å². The molecule has 5 heteroatoms. The first-order valence-electron chi connectivity index (χ1n) is 7.46. The number of pyridine rings is 1. The van der Waals surface area contributed by atoms with Crippen LogP contribution < -0.4 is 5.56 Å². The first-order chi connectivity index (χ1) is 11.6. The number of hydrogen-bond donors (Lipinski definition) is 1. The molecule has 0 fully saturated rings. The predicted octanol–water partition coefficient (Wildman–Crippen LogP) is 4.81. The average Bonchev–Trinajstić information content (AvgIpc) is 3.04. The van der Waals surface area contributed by atoms with Gasteiger partial charge >= 0.3 is 0 Å². The minimum absolute atomic E-state index is 0.210. The summed E-state index contributed by atoms with van der Waals surface area (Å²) in [6.45, 7) is 2.02. The number of rotatable bonds is 2. The normalized spacial score (nSPS) is 11.1. The molecule has 0 unspecified atom stereocenters. The largest absolute Gasteiger partial charge is 0.356 e. The smallest absolute Gasteiger partial charge is 0.261 e. The molecule has 0 spiro atoms. The highest BCUT2D eigenvalue weighted by atomic mass is 35.5. The molecule has 0 bridgehead atoms. The zero-order valence-corrected chi connectivity index (χ0v) is 13.6. The lowest BCUT2D eigenvalue weighted by Gasteiger charge is -2.08. The first kappa shape index (κ1) is 14.7. The van der Waals surface area contributed by atoms with Crippen LogP contribution in [0, 0.1) is 6.92 Å². The number of hydrogen-bond acceptors (Lipinski definition) is 3. The molecule has 0 saturated carbocycles. The Balaban J connectivity index is 1.88. The number of fused-ring (bicyclic) bond motifs is 1. The maximum atomic E-state index is 12.1. The van der Waals surface area contributed by atoms with Gasteiger partial charge in [0.25, 0.3) is 5.56 Å². The molecule has 2 aromatic carbocycles. The molecule has 24 heavy (non-hydrogen) atoms. The molecule has 4 rings (SSSR count). The van der Waals surface area contributed by atoms with Crippen LogP contribution in [0.4, 0.5) is 0 Å². The Morgan fingerprint density at radius 2 is 1.75 bits per heavy atom. The van der Waals surface area contributed by atoms with Crippen LogP contribution in [0.25, 0.3) is 33.4 Å². The summed E-state index contributed by atoms with van der Waals surface area (Å²) in [5.41, 5.74) is 5.09. The topological polar surface area (TPSA) is 58.9 Å². The van der Waals surface area contributed by atoms with E-state index in [-0.39, 0.29) is 5.56 Å². The van der Waals surface area contributed by atoms with E-state index in [2.05, 4.69) is 16.2 Å². The van der Waals surface area contributed by atoms with Gasteiger partial charge in [0.15, 0.2) is 5.58 Å². The van der Waals surface area contributed by atoms with Crippen LogP contribution in [0.2, 0.25) is 5.02 Å². The number of nitrogens with one attached hydrogen (secondary N) is 1. The lowest BCUT2D eigenvalue weighted by molar-refractivity contribution is 0.456. The molecule has 0 aliphatic rings. The van der Waals surface area contributed by atoms with Crippen molar-refractivity contribution in [1.29, 1.82) is 0 Å². The highest BCUT2D eigenvalue weighted by Gasteiger charge is 2.09. The fraction of sp³-hybridized carbons (Fsp3) is 0.0526. The SMILES string of the molecule is Cc1cc(-c2ccc(Cl)cc2)cc(-c2cc3oncc3c(=O)[nH]2)c1. The molecule has 0 aliphatic heterocycles. The Labute approximate surface area is 142 Å². The van der Waals surface area contributed by atoms with E-state index in [0.717, 1.165) is 22.3 Å². The van der Waals surface area contributed by atoms with Crippen LogP contribution in [0.1, 0.15) is 5.56 Å². The summed E-state index contributed by atoms with van der Waals surface area (Å²) in [5.74, 6) is 0. The minimum atomic E-state index is -0.210. The van der Waals surface area contributed by atoms with E-state index >= 15 is 0 Å². The summed E-state index contributed by atoms with van der Waals surface area (Å²) in [4.78, 5) is 15.0. The van der Waals surface area contributed by atoms with Crippen LogP contribution >= 0.6 is 11.6 Å². The van der Waals surface area contributed by atoms with Gasteiger partial charge in [-0.3, -0.25) is 4.79 Å². The summed E-state index contributed by atoms with van der Waals surface area (Å²) in [5, 5.41) is 4.83. The van der Waals surface area contributed by atoms with Gasteiger partial charge in [0.2, 0.25) is 0 Å². The molecule has 0 radical (unpaired) electrons. The molecular weight excluding hydrogens is 324 g/mol. The van der Waals surface area contributed by atoms with Crippen molar-refractivity contribution >= 4 is 22.6 Å². The molecule has 118 valence electrons. The number of nitrogens with zero attached hydrogens (tertiary/aromatic N) is 1. The average molecular weight is 337 g/mol. The number of benzene rings is 2. The second-order valence-electron chi connectivity index (χ2n) is 5.71. The molecule has 0 atom stereocenters. The minimum Gasteiger partial charge on any atom is -0.356 e. The predicted molar refractivity (Wildman–Crippen MR) is 95.2 cm³/mol. The zero-order valence-electron chi connectivity index (χ0n) is 12.8. The van der Waals surface area contributed by atoms with Gasteiger partial charge in [-0.1, -0.05) is 35.0 Å². The zero-order chi connectivity index (χ0) is 16.7. The Bertz CT molecular complexity index is 1090. The van der Waals surface area contributed by atoms with E-state index in [1.54, 1.807) is 6.07 Å². The van der Waals surface area contributed by atoms with Crippen molar-refractivity contribution in [2.75, 3.05) is 0 Å². The fourth-order valence-electron chi connectivity index (χ4n) is 2.78. The van der Waals surface area contributed by atoms with Gasteiger partial charge in [-0.25, -0.2) is 0 Å². The van der Waals surface area contributed by atoms with Crippen molar-refractivity contribution in [3.05, 3.63) is 75.7 Å². The highest BCUT2D eigenvalue weighted by molar-refractivity contribution is 6.30. The quantitative estimate of drug-likeness (QED) is 0.571. The van der Waals surface area contributed by atoms with Crippen molar-refractivity contribution in [2.24, 2.45) is 0 Å². The molecule has 2 aromatic heterocycles. The second kappa shape index (κ2) is 5.65. The maximum absolute atomic E-state index is 12.1. The van der Waals surface area contributed by atoms with Crippen LogP contribution in [0.5, 0.6) is 0 Å². The van der Waals surface area contributed by atoms with Gasteiger partial charge < -0.3 is 9.51 Å². The second-order valence-corrected chi connectivity index (χ2v) is 6.15. The lowest BCUT2D eigenvalue weighted by atomic mass is 9.98. The molecule has 4 nitrogen and oxygen atoms in total. The third kappa shape index (κ3) is 2.61. The molecule has 2 heterocycles. The number of H-pyrrole nitrogens is 1. The number of aromatic amines is 1. The van der Waals surface area contributed by atoms with Crippen LogP contribution in [-0.4, -0.2) is 10.1 Å². The number of halogens is 1. The van der Waals surface area contributed by atoms with Crippen molar-refractivity contribution in [3.63, 3.8) is 0 Å². The molecule has 0 aliphatic carbocycles. The number of aromatic nitrogens is 2.